The lowest BCUT2D eigenvalue weighted by atomic mass is 10.2. The first-order valence-corrected chi connectivity index (χ1v) is 12.7. The Balaban J connectivity index is 2.11. The van der Waals surface area contributed by atoms with Gasteiger partial charge in [0.05, 0.1) is 29.3 Å². The van der Waals surface area contributed by atoms with Crippen LogP contribution in [0.1, 0.15) is 19.4 Å². The van der Waals surface area contributed by atoms with Crippen LogP contribution in [0.25, 0.3) is 0 Å². The van der Waals surface area contributed by atoms with Crippen molar-refractivity contribution in [3.8, 4) is 0 Å². The van der Waals surface area contributed by atoms with Crippen LogP contribution in [-0.2, 0) is 24.7 Å². The first-order chi connectivity index (χ1) is 10.6. The molecule has 0 amide bonds. The van der Waals surface area contributed by atoms with Crippen LogP contribution in [0.2, 0.25) is 19.6 Å². The van der Waals surface area contributed by atoms with Crippen LogP contribution in [0.4, 0.5) is 0 Å². The first kappa shape index (κ1) is 18.8. The fourth-order valence-electron chi connectivity index (χ4n) is 2.51. The largest absolute Gasteiger partial charge is 0.411 e. The van der Waals surface area contributed by atoms with Crippen LogP contribution in [0.3, 0.4) is 0 Å². The molecule has 1 aliphatic rings. The predicted molar refractivity (Wildman–Crippen MR) is 95.6 cm³/mol. The summed E-state index contributed by atoms with van der Waals surface area (Å²) >= 11 is 0. The molecular formula is C17H28O4SSi. The van der Waals surface area contributed by atoms with E-state index in [9.17, 15) is 4.21 Å². The number of aryl methyl sites for hydroxylation is 1. The maximum absolute atomic E-state index is 12.7. The van der Waals surface area contributed by atoms with Crippen LogP contribution in [0.5, 0.6) is 0 Å². The summed E-state index contributed by atoms with van der Waals surface area (Å²) in [7, 11) is -2.90. The van der Waals surface area contributed by atoms with Gasteiger partial charge in [-0.25, -0.2) is 0 Å². The van der Waals surface area contributed by atoms with E-state index in [1.807, 2.05) is 45.0 Å². The number of ether oxygens (including phenoxy) is 2. The molecule has 0 radical (unpaired) electrons. The summed E-state index contributed by atoms with van der Waals surface area (Å²) in [6.45, 7) is 12.7. The molecule has 0 aromatic heterocycles. The molecule has 0 N–H and O–H groups in total. The molecule has 1 unspecified atom stereocenters. The number of rotatable bonds is 6. The van der Waals surface area contributed by atoms with Crippen molar-refractivity contribution in [1.82, 2.24) is 0 Å². The van der Waals surface area contributed by atoms with E-state index in [0.717, 1.165) is 10.5 Å². The summed E-state index contributed by atoms with van der Waals surface area (Å²) in [6, 6.07) is 7.82. The molecule has 1 aliphatic heterocycles. The van der Waals surface area contributed by atoms with Gasteiger partial charge in [0.15, 0.2) is 14.1 Å². The van der Waals surface area contributed by atoms with E-state index in [2.05, 4.69) is 19.6 Å². The molecule has 1 aromatic carbocycles. The highest BCUT2D eigenvalue weighted by molar-refractivity contribution is 7.85. The third kappa shape index (κ3) is 5.80. The van der Waals surface area contributed by atoms with Gasteiger partial charge >= 0.3 is 0 Å². The minimum atomic E-state index is -1.78. The highest BCUT2D eigenvalue weighted by Gasteiger charge is 2.40. The van der Waals surface area contributed by atoms with Gasteiger partial charge in [-0.1, -0.05) is 17.7 Å². The molecular weight excluding hydrogens is 328 g/mol. The molecule has 0 spiro atoms. The molecule has 130 valence electrons. The van der Waals surface area contributed by atoms with Crippen LogP contribution >= 0.6 is 0 Å². The molecule has 6 heteroatoms. The Morgan fingerprint density at radius 3 is 2.39 bits per heavy atom. The Hall–Kier alpha value is -0.533. The summed E-state index contributed by atoms with van der Waals surface area (Å²) in [5.41, 5.74) is 1.16. The van der Waals surface area contributed by atoms with E-state index in [1.165, 1.54) is 0 Å². The SMILES string of the molecule is Cc1ccc(S(=O)C[C@H](O[Si](C)(C)C)[C@H]2COC(C)(C)O2)cc1. The van der Waals surface area contributed by atoms with E-state index in [1.54, 1.807) is 0 Å². The lowest BCUT2D eigenvalue weighted by molar-refractivity contribution is -0.147. The third-order valence-corrected chi connectivity index (χ3v) is 5.99. The molecule has 1 saturated heterocycles. The van der Waals surface area contributed by atoms with Crippen molar-refractivity contribution in [2.24, 2.45) is 0 Å². The summed E-state index contributed by atoms with van der Waals surface area (Å²) in [5, 5.41) is 0. The van der Waals surface area contributed by atoms with E-state index in [4.69, 9.17) is 13.9 Å². The van der Waals surface area contributed by atoms with Gasteiger partial charge in [-0.3, -0.25) is 4.21 Å². The number of hydrogen-bond donors (Lipinski definition) is 0. The number of benzene rings is 1. The smallest absolute Gasteiger partial charge is 0.184 e. The van der Waals surface area contributed by atoms with Crippen molar-refractivity contribution in [2.75, 3.05) is 12.4 Å². The van der Waals surface area contributed by atoms with E-state index < -0.39 is 24.9 Å². The minimum absolute atomic E-state index is 0.175. The van der Waals surface area contributed by atoms with Crippen LogP contribution in [0.15, 0.2) is 29.2 Å². The first-order valence-electron chi connectivity index (χ1n) is 8.00. The zero-order valence-electron chi connectivity index (χ0n) is 14.9. The Morgan fingerprint density at radius 1 is 1.30 bits per heavy atom. The second-order valence-electron chi connectivity index (χ2n) is 7.46. The Morgan fingerprint density at radius 2 is 1.91 bits per heavy atom. The fraction of sp³-hybridized carbons (Fsp3) is 0.647. The molecule has 0 bridgehead atoms. The highest BCUT2D eigenvalue weighted by Crippen LogP contribution is 2.27. The molecule has 4 nitrogen and oxygen atoms in total. The Kier molecular flexibility index (Phi) is 5.84. The Bertz CT molecular complexity index is 551. The van der Waals surface area contributed by atoms with Gasteiger partial charge < -0.3 is 13.9 Å². The zero-order valence-corrected chi connectivity index (χ0v) is 16.7. The van der Waals surface area contributed by atoms with Gasteiger partial charge in [0, 0.05) is 4.90 Å². The van der Waals surface area contributed by atoms with Crippen molar-refractivity contribution >= 4 is 19.1 Å². The second-order valence-corrected chi connectivity index (χ2v) is 13.4. The second kappa shape index (κ2) is 7.15. The van der Waals surface area contributed by atoms with Crippen molar-refractivity contribution < 1.29 is 18.1 Å². The molecule has 1 heterocycles. The summed E-state index contributed by atoms with van der Waals surface area (Å²) in [5.74, 6) is -0.172. The molecule has 3 atom stereocenters. The quantitative estimate of drug-likeness (QED) is 0.732. The van der Waals surface area contributed by atoms with Gasteiger partial charge in [0.2, 0.25) is 0 Å². The lowest BCUT2D eigenvalue weighted by Gasteiger charge is -2.30. The van der Waals surface area contributed by atoms with Gasteiger partial charge in [-0.2, -0.15) is 0 Å². The van der Waals surface area contributed by atoms with E-state index >= 15 is 0 Å². The summed E-state index contributed by atoms with van der Waals surface area (Å²) in [6.07, 6.45) is -0.392. The minimum Gasteiger partial charge on any atom is -0.411 e. The molecule has 1 fully saturated rings. The lowest BCUT2D eigenvalue weighted by Crippen LogP contribution is -2.43. The van der Waals surface area contributed by atoms with E-state index in [0.29, 0.717) is 12.4 Å². The number of hydrogen-bond acceptors (Lipinski definition) is 4. The van der Waals surface area contributed by atoms with Crippen LogP contribution < -0.4 is 0 Å². The average Bonchev–Trinajstić information content (AvgIpc) is 2.77. The highest BCUT2D eigenvalue weighted by atomic mass is 32.2. The van der Waals surface area contributed by atoms with E-state index in [-0.39, 0.29) is 12.2 Å². The molecule has 1 aromatic rings. The van der Waals surface area contributed by atoms with Crippen molar-refractivity contribution in [3.05, 3.63) is 29.8 Å². The van der Waals surface area contributed by atoms with Crippen LogP contribution in [0, 0.1) is 6.92 Å². The van der Waals surface area contributed by atoms with Gasteiger partial charge in [0.1, 0.15) is 6.10 Å². The fourth-order valence-corrected chi connectivity index (χ4v) is 4.98. The standard InChI is InChI=1S/C17H28O4SSi/c1-13-7-9-14(10-8-13)22(18)12-16(21-23(4,5)6)15-11-19-17(2,3)20-15/h7-10,15-16H,11-12H2,1-6H3/t15-,16+,22?/m1/s1. The van der Waals surface area contributed by atoms with Gasteiger partial charge in [-0.05, 0) is 52.5 Å². The molecule has 0 aliphatic carbocycles. The molecule has 2 rings (SSSR count). The van der Waals surface area contributed by atoms with Gasteiger partial charge in [-0.15, -0.1) is 0 Å². The van der Waals surface area contributed by atoms with Crippen molar-refractivity contribution in [3.63, 3.8) is 0 Å². The monoisotopic (exact) mass is 356 g/mol. The maximum atomic E-state index is 12.7. The average molecular weight is 357 g/mol. The Labute approximate surface area is 143 Å². The summed E-state index contributed by atoms with van der Waals surface area (Å²) < 4.78 is 30.6. The summed E-state index contributed by atoms with van der Waals surface area (Å²) in [4.78, 5) is 0.831. The van der Waals surface area contributed by atoms with Gasteiger partial charge in [0.25, 0.3) is 0 Å². The normalized spacial score (nSPS) is 23.7. The topological polar surface area (TPSA) is 44.8 Å². The molecule has 0 saturated carbocycles. The van der Waals surface area contributed by atoms with Crippen molar-refractivity contribution in [1.29, 1.82) is 0 Å². The maximum Gasteiger partial charge on any atom is 0.184 e. The molecule has 23 heavy (non-hydrogen) atoms. The predicted octanol–water partition coefficient (Wildman–Crippen LogP) is 3.47. The van der Waals surface area contributed by atoms with Crippen LogP contribution in [-0.4, -0.2) is 42.9 Å². The zero-order chi connectivity index (χ0) is 17.3. The third-order valence-electron chi connectivity index (χ3n) is 3.55. The van der Waals surface area contributed by atoms with Crippen molar-refractivity contribution in [2.45, 2.75) is 63.3 Å².